The second-order valence-electron chi connectivity index (χ2n) is 7.32. The Hall–Kier alpha value is -1.99. The Morgan fingerprint density at radius 1 is 1.35 bits per heavy atom. The summed E-state index contributed by atoms with van der Waals surface area (Å²) in [5.41, 5.74) is 0.988. The Balaban J connectivity index is 1.39. The van der Waals surface area contributed by atoms with Crippen molar-refractivity contribution in [3.63, 3.8) is 0 Å². The number of nitrogens with zero attached hydrogens (tertiary/aromatic N) is 2. The topological polar surface area (TPSA) is 74.3 Å². The van der Waals surface area contributed by atoms with Crippen LogP contribution in [0.2, 0.25) is 0 Å². The van der Waals surface area contributed by atoms with Gasteiger partial charge in [-0.2, -0.15) is 0 Å². The number of aliphatic hydroxyl groups excluding tert-OH is 1. The number of amides is 2. The molecule has 2 amide bonds. The average Bonchev–Trinajstić information content (AvgIpc) is 3.08. The Morgan fingerprint density at radius 3 is 2.81 bits per heavy atom. The number of benzene rings is 1. The molecule has 7 nitrogen and oxygen atoms in total. The van der Waals surface area contributed by atoms with Gasteiger partial charge in [0.25, 0.3) is 0 Å². The van der Waals surface area contributed by atoms with Gasteiger partial charge in [-0.1, -0.05) is 6.07 Å². The van der Waals surface area contributed by atoms with Gasteiger partial charge in [0.05, 0.1) is 6.10 Å². The minimum absolute atomic E-state index is 0.0610. The highest BCUT2D eigenvalue weighted by atomic mass is 16.7. The monoisotopic (exact) mass is 363 g/mol. The highest BCUT2D eigenvalue weighted by Crippen LogP contribution is 2.32. The molecule has 1 fully saturated rings. The number of rotatable bonds is 6. The molecule has 1 aromatic rings. The largest absolute Gasteiger partial charge is 0.454 e. The molecule has 1 aromatic carbocycles. The van der Waals surface area contributed by atoms with E-state index < -0.39 is 0 Å². The molecule has 0 bridgehead atoms. The summed E-state index contributed by atoms with van der Waals surface area (Å²) in [6, 6.07) is 5.65. The molecule has 0 aromatic heterocycles. The van der Waals surface area contributed by atoms with Gasteiger partial charge in [-0.05, 0) is 56.5 Å². The molecule has 1 saturated heterocycles. The lowest BCUT2D eigenvalue weighted by Gasteiger charge is -2.34. The summed E-state index contributed by atoms with van der Waals surface area (Å²) in [5, 5.41) is 12.4. The van der Waals surface area contributed by atoms with Gasteiger partial charge in [0.1, 0.15) is 0 Å². The number of fused-ring (bicyclic) bond motifs is 1. The number of nitrogens with one attached hydrogen (secondary N) is 1. The maximum absolute atomic E-state index is 12.3. The molecule has 2 aliphatic rings. The summed E-state index contributed by atoms with van der Waals surface area (Å²) in [6.07, 6.45) is 1.84. The van der Waals surface area contributed by atoms with E-state index in [9.17, 15) is 9.90 Å². The third-order valence-electron chi connectivity index (χ3n) is 4.99. The summed E-state index contributed by atoms with van der Waals surface area (Å²) in [5.74, 6) is 2.00. The lowest BCUT2D eigenvalue weighted by Crippen LogP contribution is -2.43. The van der Waals surface area contributed by atoms with Gasteiger partial charge >= 0.3 is 6.03 Å². The van der Waals surface area contributed by atoms with E-state index in [-0.39, 0.29) is 18.9 Å². The molecule has 1 unspecified atom stereocenters. The fourth-order valence-electron chi connectivity index (χ4n) is 3.56. The van der Waals surface area contributed by atoms with Crippen LogP contribution in [0.5, 0.6) is 11.5 Å². The van der Waals surface area contributed by atoms with Crippen LogP contribution in [0.1, 0.15) is 25.3 Å². The number of urea groups is 1. The first-order valence-corrected chi connectivity index (χ1v) is 9.29. The van der Waals surface area contributed by atoms with Gasteiger partial charge in [0.2, 0.25) is 6.79 Å². The highest BCUT2D eigenvalue weighted by Gasteiger charge is 2.22. The van der Waals surface area contributed by atoms with Gasteiger partial charge in [-0.15, -0.1) is 0 Å². The summed E-state index contributed by atoms with van der Waals surface area (Å²) in [7, 11) is 1.84. The molecule has 2 N–H and O–H groups in total. The van der Waals surface area contributed by atoms with Crippen LogP contribution in [-0.4, -0.2) is 67.1 Å². The predicted molar refractivity (Wildman–Crippen MR) is 98.3 cm³/mol. The molecular weight excluding hydrogens is 334 g/mol. The van der Waals surface area contributed by atoms with Gasteiger partial charge in [0, 0.05) is 26.7 Å². The fourth-order valence-corrected chi connectivity index (χ4v) is 3.56. The molecule has 0 aliphatic carbocycles. The molecule has 7 heteroatoms. The Kier molecular flexibility index (Phi) is 6.21. The molecule has 0 spiro atoms. The van der Waals surface area contributed by atoms with E-state index in [0.29, 0.717) is 12.5 Å². The van der Waals surface area contributed by atoms with Crippen LogP contribution < -0.4 is 14.8 Å². The number of β-amino-alcohol motifs (C(OH)–C–C–N with tert-alkyl or cyclic N) is 1. The first kappa shape index (κ1) is 18.8. The Labute approximate surface area is 154 Å². The standard InChI is InChI=1S/C19H29N3O4/c1-14(23)11-22-7-5-15(6-8-22)12-21(2)19(24)20-10-16-3-4-17-18(9-16)26-13-25-17/h3-4,9,14-15,23H,5-8,10-13H2,1-2H3,(H,20,24). The van der Waals surface area contributed by atoms with Gasteiger partial charge in [-0.25, -0.2) is 4.79 Å². The van der Waals surface area contributed by atoms with E-state index in [1.54, 1.807) is 4.90 Å². The molecule has 26 heavy (non-hydrogen) atoms. The Bertz CT molecular complexity index is 615. The van der Waals surface area contributed by atoms with Crippen molar-refractivity contribution in [2.75, 3.05) is 40.0 Å². The smallest absolute Gasteiger partial charge is 0.317 e. The quantitative estimate of drug-likeness (QED) is 0.804. The fraction of sp³-hybridized carbons (Fsp3) is 0.632. The van der Waals surface area contributed by atoms with Crippen LogP contribution in [0.3, 0.4) is 0 Å². The second-order valence-corrected chi connectivity index (χ2v) is 7.32. The number of hydrogen-bond donors (Lipinski definition) is 2. The van der Waals surface area contributed by atoms with Crippen molar-refractivity contribution in [1.29, 1.82) is 0 Å². The number of carbonyl (C=O) groups excluding carboxylic acids is 1. The predicted octanol–water partition coefficient (Wildman–Crippen LogP) is 1.65. The lowest BCUT2D eigenvalue weighted by molar-refractivity contribution is 0.0945. The SMILES string of the molecule is CC(O)CN1CCC(CN(C)C(=O)NCc2ccc3c(c2)OCO3)CC1. The maximum Gasteiger partial charge on any atom is 0.317 e. The average molecular weight is 363 g/mol. The first-order valence-electron chi connectivity index (χ1n) is 9.29. The number of ether oxygens (including phenoxy) is 2. The zero-order valence-corrected chi connectivity index (χ0v) is 15.6. The van der Waals surface area contributed by atoms with Gasteiger partial charge < -0.3 is 29.7 Å². The van der Waals surface area contributed by atoms with Crippen molar-refractivity contribution >= 4 is 6.03 Å². The van der Waals surface area contributed by atoms with Crippen LogP contribution in [0, 0.1) is 5.92 Å². The minimum Gasteiger partial charge on any atom is -0.454 e. The summed E-state index contributed by atoms with van der Waals surface area (Å²) in [6.45, 7) is 6.01. The van der Waals surface area contributed by atoms with Crippen molar-refractivity contribution < 1.29 is 19.4 Å². The minimum atomic E-state index is -0.281. The third-order valence-corrected chi connectivity index (χ3v) is 4.99. The van der Waals surface area contributed by atoms with Crippen LogP contribution in [-0.2, 0) is 6.54 Å². The second kappa shape index (κ2) is 8.60. The molecular formula is C19H29N3O4. The van der Waals surface area contributed by atoms with E-state index in [4.69, 9.17) is 9.47 Å². The zero-order chi connectivity index (χ0) is 18.5. The van der Waals surface area contributed by atoms with Gasteiger partial charge in [0.15, 0.2) is 11.5 Å². The van der Waals surface area contributed by atoms with Crippen LogP contribution in [0.4, 0.5) is 4.79 Å². The van der Waals surface area contributed by atoms with E-state index in [2.05, 4.69) is 10.2 Å². The molecule has 2 heterocycles. The van der Waals surface area contributed by atoms with Gasteiger partial charge in [-0.3, -0.25) is 0 Å². The molecule has 0 radical (unpaired) electrons. The molecule has 1 atom stereocenters. The lowest BCUT2D eigenvalue weighted by atomic mass is 9.96. The summed E-state index contributed by atoms with van der Waals surface area (Å²) < 4.78 is 10.7. The normalized spacial score (nSPS) is 18.6. The third kappa shape index (κ3) is 5.02. The van der Waals surface area contributed by atoms with Crippen LogP contribution in [0.25, 0.3) is 0 Å². The zero-order valence-electron chi connectivity index (χ0n) is 15.6. The molecule has 0 saturated carbocycles. The van der Waals surface area contributed by atoms with E-state index in [1.807, 2.05) is 32.2 Å². The van der Waals surface area contributed by atoms with Crippen LogP contribution in [0.15, 0.2) is 18.2 Å². The van der Waals surface area contributed by atoms with E-state index in [1.165, 1.54) is 0 Å². The number of piperidine rings is 1. The van der Waals surface area contributed by atoms with Crippen molar-refractivity contribution in [2.24, 2.45) is 5.92 Å². The van der Waals surface area contributed by atoms with E-state index >= 15 is 0 Å². The molecule has 2 aliphatic heterocycles. The molecule has 3 rings (SSSR count). The summed E-state index contributed by atoms with van der Waals surface area (Å²) >= 11 is 0. The molecule has 144 valence electrons. The maximum atomic E-state index is 12.3. The van der Waals surface area contributed by atoms with Crippen molar-refractivity contribution in [3.8, 4) is 11.5 Å². The summed E-state index contributed by atoms with van der Waals surface area (Å²) in [4.78, 5) is 16.4. The highest BCUT2D eigenvalue weighted by molar-refractivity contribution is 5.73. The van der Waals surface area contributed by atoms with Crippen LogP contribution >= 0.6 is 0 Å². The van der Waals surface area contributed by atoms with Crippen molar-refractivity contribution in [1.82, 2.24) is 15.1 Å². The first-order chi connectivity index (χ1) is 12.5. The number of hydrogen-bond acceptors (Lipinski definition) is 5. The van der Waals surface area contributed by atoms with Crippen molar-refractivity contribution in [2.45, 2.75) is 32.4 Å². The number of likely N-dealkylation sites (tertiary alicyclic amines) is 1. The number of aliphatic hydroxyl groups is 1. The van der Waals surface area contributed by atoms with E-state index in [0.717, 1.165) is 56.1 Å². The Morgan fingerprint density at radius 2 is 2.08 bits per heavy atom. The number of carbonyl (C=O) groups is 1. The van der Waals surface area contributed by atoms with Crippen molar-refractivity contribution in [3.05, 3.63) is 23.8 Å².